The van der Waals surface area contributed by atoms with Crippen molar-refractivity contribution >= 4 is 42.5 Å². The van der Waals surface area contributed by atoms with E-state index >= 15 is 0 Å². The van der Waals surface area contributed by atoms with E-state index in [-0.39, 0.29) is 11.5 Å². The summed E-state index contributed by atoms with van der Waals surface area (Å²) in [5.74, 6) is 0. The Kier molecular flexibility index (Phi) is 7.42. The quantitative estimate of drug-likeness (QED) is 0.471. The molecule has 0 aliphatic rings. The van der Waals surface area contributed by atoms with Gasteiger partial charge in [0.05, 0.1) is 17.8 Å². The first kappa shape index (κ1) is 21.1. The minimum Gasteiger partial charge on any atom is -0.270 e. The Bertz CT molecular complexity index is 953. The third kappa shape index (κ3) is 6.21. The van der Waals surface area contributed by atoms with Crippen LogP contribution in [0.1, 0.15) is 25.7 Å². The number of fused-ring (bicyclic) bond motifs is 1. The molecule has 0 spiro atoms. The molecule has 0 heterocycles. The van der Waals surface area contributed by atoms with Gasteiger partial charge in [0, 0.05) is 17.0 Å². The molecule has 0 saturated heterocycles. The van der Waals surface area contributed by atoms with Crippen molar-refractivity contribution in [2.24, 2.45) is 0 Å². The molecule has 0 aromatic heterocycles. The lowest BCUT2D eigenvalue weighted by atomic mass is 10.1. The van der Waals surface area contributed by atoms with Gasteiger partial charge < -0.3 is 0 Å². The lowest BCUT2D eigenvalue weighted by Gasteiger charge is -2.10. The summed E-state index contributed by atoms with van der Waals surface area (Å²) in [5.41, 5.74) is 0. The van der Waals surface area contributed by atoms with Crippen molar-refractivity contribution in [1.82, 2.24) is 4.72 Å². The summed E-state index contributed by atoms with van der Waals surface area (Å²) in [6.07, 6.45) is 3.81. The van der Waals surface area contributed by atoms with Crippen LogP contribution in [-0.2, 0) is 24.3 Å². The van der Waals surface area contributed by atoms with Crippen molar-refractivity contribution in [3.63, 3.8) is 0 Å². The normalized spacial score (nSPS) is 12.5. The summed E-state index contributed by atoms with van der Waals surface area (Å²) in [6.45, 7) is 0.454. The Morgan fingerprint density at radius 3 is 2.31 bits per heavy atom. The smallest absolute Gasteiger partial charge is 0.264 e. The van der Waals surface area contributed by atoms with E-state index in [4.69, 9.17) is 11.6 Å². The van der Waals surface area contributed by atoms with Gasteiger partial charge in [-0.15, -0.1) is 0 Å². The van der Waals surface area contributed by atoms with Crippen molar-refractivity contribution in [2.45, 2.75) is 30.6 Å². The second-order valence-electron chi connectivity index (χ2n) is 5.93. The number of sulfonamides is 1. The van der Waals surface area contributed by atoms with Crippen LogP contribution in [0.25, 0.3) is 10.8 Å². The van der Waals surface area contributed by atoms with Crippen LogP contribution in [0.15, 0.2) is 41.3 Å². The van der Waals surface area contributed by atoms with Gasteiger partial charge >= 0.3 is 0 Å². The molecule has 0 aliphatic carbocycles. The maximum absolute atomic E-state index is 12.6. The predicted molar refractivity (Wildman–Crippen MR) is 103 cm³/mol. The fraction of sp³-hybridized carbons (Fsp3) is 0.412. The van der Waals surface area contributed by atoms with Crippen LogP contribution in [0.2, 0.25) is 5.02 Å². The predicted octanol–water partition coefficient (Wildman–Crippen LogP) is 3.31. The highest BCUT2D eigenvalue weighted by molar-refractivity contribution is 7.89. The van der Waals surface area contributed by atoms with Gasteiger partial charge in [-0.3, -0.25) is 4.18 Å². The molecule has 6 nitrogen and oxygen atoms in total. The number of rotatable bonds is 10. The van der Waals surface area contributed by atoms with Crippen LogP contribution in [0.5, 0.6) is 0 Å². The number of hydrogen-bond acceptors (Lipinski definition) is 5. The first-order valence-corrected chi connectivity index (χ1v) is 11.9. The molecule has 0 fully saturated rings. The van der Waals surface area contributed by atoms with Gasteiger partial charge in [-0.25, -0.2) is 13.1 Å². The van der Waals surface area contributed by atoms with E-state index in [0.717, 1.165) is 24.5 Å². The Balaban J connectivity index is 1.87. The van der Waals surface area contributed by atoms with E-state index in [1.807, 2.05) is 12.1 Å². The van der Waals surface area contributed by atoms with Crippen LogP contribution < -0.4 is 4.72 Å². The molecule has 0 saturated carbocycles. The number of nitrogens with one attached hydrogen (secondary N) is 1. The number of benzene rings is 2. The maximum Gasteiger partial charge on any atom is 0.264 e. The van der Waals surface area contributed by atoms with E-state index in [9.17, 15) is 16.8 Å². The molecule has 0 atom stereocenters. The standard InChI is InChI=1S/C17H22ClNO5S2/c1-25(20,21)24-13-5-3-2-4-12-19-26(22,23)16-11-7-9-14-8-6-10-15(18)17(14)16/h6-11,19H,2-5,12-13H2,1H3. The topological polar surface area (TPSA) is 89.5 Å². The average molecular weight is 420 g/mol. The molecule has 0 unspecified atom stereocenters. The van der Waals surface area contributed by atoms with Gasteiger partial charge in [-0.05, 0) is 30.4 Å². The summed E-state index contributed by atoms with van der Waals surface area (Å²) in [6, 6.07) is 10.3. The molecule has 144 valence electrons. The average Bonchev–Trinajstić information content (AvgIpc) is 2.56. The van der Waals surface area contributed by atoms with Crippen LogP contribution >= 0.6 is 11.6 Å². The molecule has 0 amide bonds. The Morgan fingerprint density at radius 1 is 0.962 bits per heavy atom. The second-order valence-corrected chi connectivity index (χ2v) is 9.72. The Hall–Kier alpha value is -1.19. The number of hydrogen-bond donors (Lipinski definition) is 1. The van der Waals surface area contributed by atoms with Crippen molar-refractivity contribution in [2.75, 3.05) is 19.4 Å². The third-order valence-corrected chi connectivity index (χ3v) is 6.18. The van der Waals surface area contributed by atoms with Crippen molar-refractivity contribution in [1.29, 1.82) is 0 Å². The summed E-state index contributed by atoms with van der Waals surface area (Å²) >= 11 is 6.19. The third-order valence-electron chi connectivity index (χ3n) is 3.77. The van der Waals surface area contributed by atoms with E-state index in [1.54, 1.807) is 24.3 Å². The SMILES string of the molecule is CS(=O)(=O)OCCCCCCNS(=O)(=O)c1cccc2cccc(Cl)c12. The Labute approximate surface area is 159 Å². The molecule has 9 heteroatoms. The number of unbranched alkanes of at least 4 members (excludes halogenated alkanes) is 3. The van der Waals surface area contributed by atoms with Gasteiger partial charge in [0.15, 0.2) is 0 Å². The first-order chi connectivity index (χ1) is 12.2. The fourth-order valence-corrected chi connectivity index (χ4v) is 4.64. The van der Waals surface area contributed by atoms with E-state index < -0.39 is 20.1 Å². The minimum atomic E-state index is -3.66. The molecule has 0 bridgehead atoms. The lowest BCUT2D eigenvalue weighted by molar-refractivity contribution is 0.310. The molecule has 1 N–H and O–H groups in total. The second kappa shape index (κ2) is 9.14. The minimum absolute atomic E-state index is 0.152. The van der Waals surface area contributed by atoms with Crippen LogP contribution in [0.4, 0.5) is 0 Å². The zero-order chi connectivity index (χ0) is 19.2. The van der Waals surface area contributed by atoms with Crippen molar-refractivity contribution in [3.05, 3.63) is 41.4 Å². The van der Waals surface area contributed by atoms with Crippen LogP contribution in [0.3, 0.4) is 0 Å². The van der Waals surface area contributed by atoms with Crippen LogP contribution in [0, 0.1) is 0 Å². The highest BCUT2D eigenvalue weighted by atomic mass is 35.5. The van der Waals surface area contributed by atoms with Gasteiger partial charge in [0.1, 0.15) is 0 Å². The molecule has 2 rings (SSSR count). The van der Waals surface area contributed by atoms with Crippen molar-refractivity contribution < 1.29 is 21.0 Å². The lowest BCUT2D eigenvalue weighted by Crippen LogP contribution is -2.25. The summed E-state index contributed by atoms with van der Waals surface area (Å²) < 4.78 is 54.1. The van der Waals surface area contributed by atoms with E-state index in [2.05, 4.69) is 8.91 Å². The van der Waals surface area contributed by atoms with Crippen molar-refractivity contribution in [3.8, 4) is 0 Å². The molecule has 26 heavy (non-hydrogen) atoms. The van der Waals surface area contributed by atoms with Gasteiger partial charge in [0.25, 0.3) is 10.1 Å². The molecule has 0 radical (unpaired) electrons. The molecule has 0 aliphatic heterocycles. The molecule has 2 aromatic carbocycles. The summed E-state index contributed by atoms with van der Waals surface area (Å²) in [4.78, 5) is 0.169. The largest absolute Gasteiger partial charge is 0.270 e. The van der Waals surface area contributed by atoms with Gasteiger partial charge in [0.2, 0.25) is 10.0 Å². The fourth-order valence-electron chi connectivity index (χ4n) is 2.56. The zero-order valence-electron chi connectivity index (χ0n) is 14.4. The zero-order valence-corrected chi connectivity index (χ0v) is 16.8. The monoisotopic (exact) mass is 419 g/mol. The molecule has 2 aromatic rings. The van der Waals surface area contributed by atoms with E-state index in [1.165, 1.54) is 0 Å². The molecular weight excluding hydrogens is 398 g/mol. The highest BCUT2D eigenvalue weighted by Crippen LogP contribution is 2.29. The van der Waals surface area contributed by atoms with Gasteiger partial charge in [-0.1, -0.05) is 48.7 Å². The van der Waals surface area contributed by atoms with Gasteiger partial charge in [-0.2, -0.15) is 8.42 Å². The summed E-state index contributed by atoms with van der Waals surface area (Å²) in [5, 5.41) is 1.68. The summed E-state index contributed by atoms with van der Waals surface area (Å²) in [7, 11) is -7.06. The Morgan fingerprint density at radius 2 is 1.62 bits per heavy atom. The first-order valence-electron chi connectivity index (χ1n) is 8.22. The van der Waals surface area contributed by atoms with Crippen LogP contribution in [-0.4, -0.2) is 36.2 Å². The number of halogens is 1. The highest BCUT2D eigenvalue weighted by Gasteiger charge is 2.18. The molecular formula is C17H22ClNO5S2. The maximum atomic E-state index is 12.6. The van der Waals surface area contributed by atoms with E-state index in [0.29, 0.717) is 29.8 Å².